The van der Waals surface area contributed by atoms with Crippen molar-refractivity contribution >= 4 is 22.4 Å². The fourth-order valence-electron chi connectivity index (χ4n) is 2.54. The highest BCUT2D eigenvalue weighted by molar-refractivity contribution is 7.14. The first-order valence-corrected chi connectivity index (χ1v) is 10.3. The van der Waals surface area contributed by atoms with E-state index in [1.807, 2.05) is 50.4 Å². The van der Waals surface area contributed by atoms with Crippen molar-refractivity contribution in [3.05, 3.63) is 53.9 Å². The van der Waals surface area contributed by atoms with Crippen LogP contribution in [0.2, 0.25) is 0 Å². The Hall–Kier alpha value is -3.06. The number of amides is 1. The normalized spacial score (nSPS) is 10.6. The van der Waals surface area contributed by atoms with Crippen molar-refractivity contribution in [1.29, 1.82) is 0 Å². The second-order valence-corrected chi connectivity index (χ2v) is 7.33. The minimum atomic E-state index is -0.263. The topological polar surface area (TPSA) is 69.7 Å². The molecule has 0 saturated heterocycles. The summed E-state index contributed by atoms with van der Waals surface area (Å²) < 4.78 is 16.5. The highest BCUT2D eigenvalue weighted by Gasteiger charge is 2.09. The van der Waals surface area contributed by atoms with E-state index in [9.17, 15) is 4.79 Å². The van der Waals surface area contributed by atoms with Crippen molar-refractivity contribution in [2.45, 2.75) is 26.9 Å². The van der Waals surface area contributed by atoms with Gasteiger partial charge in [0.1, 0.15) is 17.2 Å². The molecule has 1 heterocycles. The summed E-state index contributed by atoms with van der Waals surface area (Å²) in [5.74, 6) is 1.93. The molecule has 0 aliphatic heterocycles. The lowest BCUT2D eigenvalue weighted by atomic mass is 10.2. The van der Waals surface area contributed by atoms with Gasteiger partial charge >= 0.3 is 0 Å². The Labute approximate surface area is 174 Å². The molecule has 0 bridgehead atoms. The zero-order chi connectivity index (χ0) is 20.6. The van der Waals surface area contributed by atoms with E-state index in [0.29, 0.717) is 17.5 Å². The summed E-state index contributed by atoms with van der Waals surface area (Å²) in [5, 5.41) is 5.20. The summed E-state index contributed by atoms with van der Waals surface area (Å²) in [6, 6.07) is 14.9. The Bertz CT molecular complexity index is 921. The van der Waals surface area contributed by atoms with Crippen molar-refractivity contribution in [1.82, 2.24) is 4.98 Å². The van der Waals surface area contributed by atoms with Crippen LogP contribution in [0.4, 0.5) is 5.13 Å². The number of carbonyl (C=O) groups is 1. The van der Waals surface area contributed by atoms with Gasteiger partial charge in [0, 0.05) is 10.9 Å². The van der Waals surface area contributed by atoms with Crippen LogP contribution in [-0.4, -0.2) is 30.2 Å². The third-order valence-corrected chi connectivity index (χ3v) is 4.53. The number of nitrogens with zero attached hydrogens (tertiary/aromatic N) is 1. The van der Waals surface area contributed by atoms with Gasteiger partial charge in [0.2, 0.25) is 0 Å². The van der Waals surface area contributed by atoms with Crippen LogP contribution < -0.4 is 19.5 Å². The Morgan fingerprint density at radius 1 is 1.00 bits per heavy atom. The zero-order valence-corrected chi connectivity index (χ0v) is 17.5. The lowest BCUT2D eigenvalue weighted by molar-refractivity contribution is -0.118. The first-order valence-electron chi connectivity index (χ1n) is 9.41. The minimum absolute atomic E-state index is 0.0931. The highest BCUT2D eigenvalue weighted by atomic mass is 32.1. The number of nitrogens with one attached hydrogen (secondary N) is 1. The predicted octanol–water partition coefficient (Wildman–Crippen LogP) is 5.01. The number of ether oxygens (including phenoxy) is 3. The molecule has 29 heavy (non-hydrogen) atoms. The average Bonchev–Trinajstić information content (AvgIpc) is 3.16. The molecule has 0 spiro atoms. The fourth-order valence-corrected chi connectivity index (χ4v) is 3.28. The largest absolute Gasteiger partial charge is 0.494 e. The summed E-state index contributed by atoms with van der Waals surface area (Å²) in [6.07, 6.45) is 0.131. The first kappa shape index (κ1) is 20.7. The molecule has 0 aliphatic carbocycles. The molecule has 0 aliphatic rings. The summed E-state index contributed by atoms with van der Waals surface area (Å²) in [7, 11) is 0. The second kappa shape index (κ2) is 9.93. The lowest BCUT2D eigenvalue weighted by Crippen LogP contribution is -2.20. The average molecular weight is 413 g/mol. The molecule has 0 radical (unpaired) electrons. The maximum Gasteiger partial charge on any atom is 0.264 e. The van der Waals surface area contributed by atoms with Crippen molar-refractivity contribution in [3.63, 3.8) is 0 Å². The van der Waals surface area contributed by atoms with Crippen LogP contribution >= 0.6 is 11.3 Å². The molecule has 1 N–H and O–H groups in total. The molecule has 6 nitrogen and oxygen atoms in total. The van der Waals surface area contributed by atoms with Crippen LogP contribution in [0.3, 0.4) is 0 Å². The van der Waals surface area contributed by atoms with E-state index < -0.39 is 0 Å². The molecular formula is C22H24N2O4S. The molecule has 3 rings (SSSR count). The van der Waals surface area contributed by atoms with Gasteiger partial charge in [0.05, 0.1) is 18.4 Å². The Kier molecular flexibility index (Phi) is 7.08. The molecule has 0 atom stereocenters. The summed E-state index contributed by atoms with van der Waals surface area (Å²) in [4.78, 5) is 16.6. The monoisotopic (exact) mass is 412 g/mol. The molecule has 1 amide bonds. The number of rotatable bonds is 9. The number of benzene rings is 2. The maximum atomic E-state index is 12.1. The fraction of sp³-hybridized carbons (Fsp3) is 0.273. The molecule has 1 aromatic heterocycles. The van der Waals surface area contributed by atoms with Crippen molar-refractivity contribution in [2.75, 3.05) is 18.5 Å². The number of thiazole rings is 1. The minimum Gasteiger partial charge on any atom is -0.494 e. The van der Waals surface area contributed by atoms with Crippen molar-refractivity contribution in [2.24, 2.45) is 0 Å². The van der Waals surface area contributed by atoms with Crippen LogP contribution in [-0.2, 0) is 4.79 Å². The quantitative estimate of drug-likeness (QED) is 0.535. The molecule has 0 saturated carbocycles. The smallest absolute Gasteiger partial charge is 0.264 e. The highest BCUT2D eigenvalue weighted by Crippen LogP contribution is 2.27. The van der Waals surface area contributed by atoms with Crippen molar-refractivity contribution < 1.29 is 19.0 Å². The second-order valence-electron chi connectivity index (χ2n) is 6.47. The van der Waals surface area contributed by atoms with E-state index in [-0.39, 0.29) is 18.6 Å². The third-order valence-electron chi connectivity index (χ3n) is 3.78. The molecule has 2 aromatic carbocycles. The van der Waals surface area contributed by atoms with Gasteiger partial charge in [0.15, 0.2) is 11.7 Å². The van der Waals surface area contributed by atoms with Gasteiger partial charge in [-0.05, 0) is 69.3 Å². The van der Waals surface area contributed by atoms with Crippen LogP contribution in [0.25, 0.3) is 11.3 Å². The van der Waals surface area contributed by atoms with Gasteiger partial charge in [-0.3, -0.25) is 10.1 Å². The van der Waals surface area contributed by atoms with Gasteiger partial charge in [-0.1, -0.05) is 0 Å². The predicted molar refractivity (Wildman–Crippen MR) is 115 cm³/mol. The summed E-state index contributed by atoms with van der Waals surface area (Å²) in [6.45, 7) is 6.42. The van der Waals surface area contributed by atoms with Gasteiger partial charge in [-0.2, -0.15) is 0 Å². The van der Waals surface area contributed by atoms with E-state index in [2.05, 4.69) is 10.3 Å². The van der Waals surface area contributed by atoms with E-state index in [0.717, 1.165) is 22.8 Å². The van der Waals surface area contributed by atoms with Gasteiger partial charge in [-0.25, -0.2) is 4.98 Å². The lowest BCUT2D eigenvalue weighted by Gasteiger charge is -2.09. The number of carbonyl (C=O) groups excluding carboxylic acids is 1. The Balaban J connectivity index is 1.52. The maximum absolute atomic E-state index is 12.1. The molecule has 0 unspecified atom stereocenters. The molecule has 7 heteroatoms. The SMILES string of the molecule is CCOc1ccc(OCC(=O)Nc2nc(-c3ccc(OC(C)C)cc3)cs2)cc1. The standard InChI is InChI=1S/C22H24N2O4S/c1-4-26-17-9-11-18(12-10-17)27-13-21(25)24-22-23-20(14-29-22)16-5-7-19(8-6-16)28-15(2)3/h5-12,14-15H,4,13H2,1-3H3,(H,23,24,25). The van der Waals surface area contributed by atoms with Crippen LogP contribution in [0.1, 0.15) is 20.8 Å². The van der Waals surface area contributed by atoms with Crippen LogP contribution in [0, 0.1) is 0 Å². The Morgan fingerprint density at radius 3 is 2.24 bits per heavy atom. The van der Waals surface area contributed by atoms with Gasteiger partial charge in [0.25, 0.3) is 5.91 Å². The van der Waals surface area contributed by atoms with E-state index in [1.165, 1.54) is 11.3 Å². The number of hydrogen-bond acceptors (Lipinski definition) is 6. The van der Waals surface area contributed by atoms with Gasteiger partial charge in [-0.15, -0.1) is 11.3 Å². The third kappa shape index (κ3) is 6.22. The molecular weight excluding hydrogens is 388 g/mol. The summed E-state index contributed by atoms with van der Waals surface area (Å²) in [5.41, 5.74) is 1.76. The van der Waals surface area contributed by atoms with Crippen LogP contribution in [0.15, 0.2) is 53.9 Å². The van der Waals surface area contributed by atoms with Crippen molar-refractivity contribution in [3.8, 4) is 28.5 Å². The van der Waals surface area contributed by atoms with Gasteiger partial charge < -0.3 is 14.2 Å². The zero-order valence-electron chi connectivity index (χ0n) is 16.7. The van der Waals surface area contributed by atoms with Crippen LogP contribution in [0.5, 0.6) is 17.2 Å². The molecule has 0 fully saturated rings. The molecule has 152 valence electrons. The Morgan fingerprint density at radius 2 is 1.62 bits per heavy atom. The van der Waals surface area contributed by atoms with E-state index in [4.69, 9.17) is 14.2 Å². The summed E-state index contributed by atoms with van der Waals surface area (Å²) >= 11 is 1.37. The van der Waals surface area contributed by atoms with E-state index in [1.54, 1.807) is 24.3 Å². The first-order chi connectivity index (χ1) is 14.0. The number of anilines is 1. The molecule has 3 aromatic rings. The number of hydrogen-bond donors (Lipinski definition) is 1. The number of aromatic nitrogens is 1. The van der Waals surface area contributed by atoms with E-state index >= 15 is 0 Å².